The molecule has 1 saturated carbocycles. The lowest BCUT2D eigenvalue weighted by Crippen LogP contribution is -2.41. The summed E-state index contributed by atoms with van der Waals surface area (Å²) in [5.41, 5.74) is -0.986. The number of carbonyl (C=O) groups excluding carboxylic acids is 2. The molecule has 1 aromatic rings. The molecule has 168 valence electrons. The first-order valence-corrected chi connectivity index (χ1v) is 11.1. The summed E-state index contributed by atoms with van der Waals surface area (Å²) >= 11 is 0. The number of aromatic nitrogens is 3. The average molecular weight is 421 g/mol. The molecule has 0 radical (unpaired) electrons. The first-order chi connectivity index (χ1) is 13.9. The third-order valence-corrected chi connectivity index (χ3v) is 5.49. The summed E-state index contributed by atoms with van der Waals surface area (Å²) in [5, 5.41) is 11.9. The van der Waals surface area contributed by atoms with Crippen molar-refractivity contribution < 1.29 is 19.1 Å². The van der Waals surface area contributed by atoms with Gasteiger partial charge in [0.25, 0.3) is 0 Å². The lowest BCUT2D eigenvalue weighted by molar-refractivity contribution is -0.160. The molecule has 1 aliphatic heterocycles. The molecule has 0 aromatic carbocycles. The van der Waals surface area contributed by atoms with Crippen molar-refractivity contribution in [1.82, 2.24) is 20.1 Å². The molecule has 3 rings (SSSR count). The van der Waals surface area contributed by atoms with Crippen LogP contribution in [-0.2, 0) is 27.2 Å². The highest BCUT2D eigenvalue weighted by atomic mass is 16.6. The van der Waals surface area contributed by atoms with E-state index in [-0.39, 0.29) is 29.9 Å². The van der Waals surface area contributed by atoms with Crippen molar-refractivity contribution in [3.63, 3.8) is 0 Å². The highest BCUT2D eigenvalue weighted by Gasteiger charge is 2.34. The van der Waals surface area contributed by atoms with Crippen LogP contribution in [0, 0.1) is 5.92 Å². The van der Waals surface area contributed by atoms with Crippen molar-refractivity contribution in [3.05, 3.63) is 11.6 Å². The first kappa shape index (κ1) is 22.6. The van der Waals surface area contributed by atoms with Gasteiger partial charge in [0, 0.05) is 24.9 Å². The van der Waals surface area contributed by atoms with Gasteiger partial charge < -0.3 is 19.4 Å². The van der Waals surface area contributed by atoms with Gasteiger partial charge in [-0.05, 0) is 67.2 Å². The van der Waals surface area contributed by atoms with Gasteiger partial charge in [-0.3, -0.25) is 4.79 Å². The first-order valence-electron chi connectivity index (χ1n) is 11.1. The molecule has 0 saturated heterocycles. The Bertz CT molecular complexity index is 775. The Morgan fingerprint density at radius 2 is 1.70 bits per heavy atom. The highest BCUT2D eigenvalue weighted by molar-refractivity contribution is 5.73. The molecule has 8 nitrogen and oxygen atoms in total. The number of nitrogens with zero attached hydrogens (tertiary/aromatic N) is 3. The van der Waals surface area contributed by atoms with Crippen LogP contribution in [0.5, 0.6) is 0 Å². The number of carbonyl (C=O) groups is 2. The van der Waals surface area contributed by atoms with E-state index in [1.165, 1.54) is 0 Å². The van der Waals surface area contributed by atoms with Crippen molar-refractivity contribution in [2.45, 2.75) is 110 Å². The minimum absolute atomic E-state index is 0.0738. The molecule has 1 fully saturated rings. The molecule has 3 atom stereocenters. The fourth-order valence-electron chi connectivity index (χ4n) is 4.27. The molecule has 1 aliphatic carbocycles. The quantitative estimate of drug-likeness (QED) is 0.749. The second-order valence-corrected chi connectivity index (χ2v) is 10.6. The minimum atomic E-state index is -0.505. The summed E-state index contributed by atoms with van der Waals surface area (Å²) in [6.45, 7) is 12.0. The van der Waals surface area contributed by atoms with Crippen molar-refractivity contribution in [1.29, 1.82) is 0 Å². The molecule has 2 aliphatic rings. The number of nitrogens with one attached hydrogen (secondary N) is 1. The zero-order valence-corrected chi connectivity index (χ0v) is 19.2. The van der Waals surface area contributed by atoms with Gasteiger partial charge in [-0.15, -0.1) is 10.2 Å². The van der Waals surface area contributed by atoms with Crippen molar-refractivity contribution in [2.24, 2.45) is 5.92 Å². The Labute approximate surface area is 179 Å². The molecule has 30 heavy (non-hydrogen) atoms. The van der Waals surface area contributed by atoms with Gasteiger partial charge in [0.1, 0.15) is 22.9 Å². The number of esters is 1. The van der Waals surface area contributed by atoms with Crippen molar-refractivity contribution in [3.8, 4) is 0 Å². The summed E-state index contributed by atoms with van der Waals surface area (Å²) in [7, 11) is 0. The lowest BCUT2D eigenvalue weighted by atomic mass is 9.85. The summed E-state index contributed by atoms with van der Waals surface area (Å²) < 4.78 is 13.1. The van der Waals surface area contributed by atoms with Gasteiger partial charge in [-0.1, -0.05) is 6.42 Å². The van der Waals surface area contributed by atoms with Crippen LogP contribution in [0.1, 0.15) is 91.2 Å². The standard InChI is InChI=1S/C22H36N4O4/c1-21(2,3)29-19(27)15-10-11-26-17(13-15)24-25-18(26)14-8-7-9-16(12-14)23-20(28)30-22(4,5)6/h14-16H,7-13H2,1-6H3,(H,23,28)/t14-,15?,16+/m0/s1. The highest BCUT2D eigenvalue weighted by Crippen LogP contribution is 2.34. The summed E-state index contributed by atoms with van der Waals surface area (Å²) in [5.74, 6) is 1.76. The van der Waals surface area contributed by atoms with E-state index in [0.717, 1.165) is 50.3 Å². The van der Waals surface area contributed by atoms with E-state index in [9.17, 15) is 9.59 Å². The second-order valence-electron chi connectivity index (χ2n) is 10.6. The SMILES string of the molecule is CC(C)(C)OC(=O)N[C@@H]1CCC[C@H](c2nnc3n2CCC(C(=O)OC(C)(C)C)C3)C1. The van der Waals surface area contributed by atoms with E-state index in [2.05, 4.69) is 20.1 Å². The summed E-state index contributed by atoms with van der Waals surface area (Å²) in [6, 6.07) is 0.0738. The number of hydrogen-bond donors (Lipinski definition) is 1. The van der Waals surface area contributed by atoms with Crippen LogP contribution >= 0.6 is 0 Å². The Morgan fingerprint density at radius 1 is 1.00 bits per heavy atom. The van der Waals surface area contributed by atoms with Crippen LogP contribution in [0.15, 0.2) is 0 Å². The lowest BCUT2D eigenvalue weighted by Gasteiger charge is -2.31. The van der Waals surface area contributed by atoms with E-state index in [1.54, 1.807) is 0 Å². The van der Waals surface area contributed by atoms with Crippen LogP contribution in [-0.4, -0.2) is 44.1 Å². The molecule has 1 N–H and O–H groups in total. The zero-order chi connectivity index (χ0) is 22.1. The van der Waals surface area contributed by atoms with E-state index in [1.807, 2.05) is 41.5 Å². The maximum atomic E-state index is 12.4. The van der Waals surface area contributed by atoms with Crippen LogP contribution in [0.3, 0.4) is 0 Å². The number of hydrogen-bond acceptors (Lipinski definition) is 6. The summed E-state index contributed by atoms with van der Waals surface area (Å²) in [6.07, 6.45) is 4.75. The Kier molecular flexibility index (Phi) is 6.43. The fourth-order valence-corrected chi connectivity index (χ4v) is 4.27. The van der Waals surface area contributed by atoms with Gasteiger partial charge in [0.2, 0.25) is 0 Å². The van der Waals surface area contributed by atoms with Crippen LogP contribution in [0.2, 0.25) is 0 Å². The maximum Gasteiger partial charge on any atom is 0.407 e. The molecule has 0 bridgehead atoms. The van der Waals surface area contributed by atoms with E-state index >= 15 is 0 Å². The average Bonchev–Trinajstić information content (AvgIpc) is 3.02. The Hall–Kier alpha value is -2.12. The number of ether oxygens (including phenoxy) is 2. The third-order valence-electron chi connectivity index (χ3n) is 5.49. The molecule has 0 spiro atoms. The van der Waals surface area contributed by atoms with E-state index < -0.39 is 11.2 Å². The smallest absolute Gasteiger partial charge is 0.407 e. The van der Waals surface area contributed by atoms with E-state index in [0.29, 0.717) is 6.42 Å². The minimum Gasteiger partial charge on any atom is -0.460 e. The Morgan fingerprint density at radius 3 is 2.37 bits per heavy atom. The number of fused-ring (bicyclic) bond motifs is 1. The summed E-state index contributed by atoms with van der Waals surface area (Å²) in [4.78, 5) is 24.6. The number of alkyl carbamates (subject to hydrolysis) is 1. The molecule has 1 aromatic heterocycles. The number of rotatable bonds is 3. The molecule has 1 amide bonds. The van der Waals surface area contributed by atoms with Crippen molar-refractivity contribution in [2.75, 3.05) is 0 Å². The zero-order valence-electron chi connectivity index (χ0n) is 19.2. The van der Waals surface area contributed by atoms with Crippen molar-refractivity contribution >= 4 is 12.1 Å². The normalized spacial score (nSPS) is 24.7. The second kappa shape index (κ2) is 8.55. The number of amides is 1. The molecular weight excluding hydrogens is 384 g/mol. The predicted molar refractivity (Wildman–Crippen MR) is 112 cm³/mol. The monoisotopic (exact) mass is 420 g/mol. The predicted octanol–water partition coefficient (Wildman–Crippen LogP) is 3.73. The van der Waals surface area contributed by atoms with Gasteiger partial charge in [0.05, 0.1) is 5.92 Å². The molecule has 2 heterocycles. The topological polar surface area (TPSA) is 95.3 Å². The molecule has 1 unspecified atom stereocenters. The van der Waals surface area contributed by atoms with Gasteiger partial charge >= 0.3 is 12.1 Å². The van der Waals surface area contributed by atoms with Crippen LogP contribution < -0.4 is 5.32 Å². The Balaban J connectivity index is 1.62. The van der Waals surface area contributed by atoms with Gasteiger partial charge in [0.15, 0.2) is 0 Å². The van der Waals surface area contributed by atoms with Gasteiger partial charge in [-0.2, -0.15) is 0 Å². The molecular formula is C22H36N4O4. The fraction of sp³-hybridized carbons (Fsp3) is 0.818. The maximum absolute atomic E-state index is 12.4. The third kappa shape index (κ3) is 5.95. The van der Waals surface area contributed by atoms with Crippen LogP contribution in [0.4, 0.5) is 4.79 Å². The van der Waals surface area contributed by atoms with Crippen LogP contribution in [0.25, 0.3) is 0 Å². The largest absolute Gasteiger partial charge is 0.460 e. The van der Waals surface area contributed by atoms with Gasteiger partial charge in [-0.25, -0.2) is 4.79 Å². The molecule has 8 heteroatoms. The van der Waals surface area contributed by atoms with E-state index in [4.69, 9.17) is 9.47 Å².